The van der Waals surface area contributed by atoms with Crippen LogP contribution >= 0.6 is 0 Å². The molecule has 3 aliphatic rings. The maximum atomic E-state index is 12.0. The van der Waals surface area contributed by atoms with Crippen LogP contribution < -0.4 is 11.2 Å². The molecule has 6 nitrogen and oxygen atoms in total. The number of urea groups is 1. The number of carbonyl (C=O) groups is 2. The van der Waals surface area contributed by atoms with Crippen molar-refractivity contribution in [2.75, 3.05) is 6.54 Å². The van der Waals surface area contributed by atoms with Gasteiger partial charge in [0.1, 0.15) is 0 Å². The Balaban J connectivity index is 2.25. The molecule has 0 saturated carbocycles. The van der Waals surface area contributed by atoms with E-state index in [1.807, 2.05) is 6.92 Å². The zero-order valence-electron chi connectivity index (χ0n) is 10.5. The zero-order valence-corrected chi connectivity index (χ0v) is 10.5. The number of primary amides is 1. The SMILES string of the molecule is CCC1=C2C=NNCC3=C2C(C=CC3=O)N1C(N)=O. The molecular formula is C13H14N4O2. The molecule has 98 valence electrons. The van der Waals surface area contributed by atoms with Gasteiger partial charge in [-0.25, -0.2) is 4.79 Å². The van der Waals surface area contributed by atoms with E-state index in [0.29, 0.717) is 18.5 Å². The average molecular weight is 258 g/mol. The van der Waals surface area contributed by atoms with E-state index in [-0.39, 0.29) is 11.8 Å². The Hall–Kier alpha value is -2.37. The summed E-state index contributed by atoms with van der Waals surface area (Å²) in [6.07, 6.45) is 5.56. The summed E-state index contributed by atoms with van der Waals surface area (Å²) < 4.78 is 0. The smallest absolute Gasteiger partial charge is 0.319 e. The first-order chi connectivity index (χ1) is 9.15. The van der Waals surface area contributed by atoms with Gasteiger partial charge in [0, 0.05) is 16.8 Å². The lowest BCUT2D eigenvalue weighted by molar-refractivity contribution is -0.111. The van der Waals surface area contributed by atoms with Crippen LogP contribution in [0.15, 0.2) is 39.7 Å². The monoisotopic (exact) mass is 258 g/mol. The molecule has 0 aromatic heterocycles. The quantitative estimate of drug-likeness (QED) is 0.715. The topological polar surface area (TPSA) is 87.8 Å². The second-order valence-electron chi connectivity index (χ2n) is 4.58. The summed E-state index contributed by atoms with van der Waals surface area (Å²) in [6, 6.07) is -0.781. The van der Waals surface area contributed by atoms with E-state index in [2.05, 4.69) is 10.5 Å². The number of rotatable bonds is 1. The Bertz CT molecular complexity index is 598. The fourth-order valence-electron chi connectivity index (χ4n) is 2.87. The summed E-state index contributed by atoms with van der Waals surface area (Å²) in [5.41, 5.74) is 11.5. The second kappa shape index (κ2) is 4.08. The maximum absolute atomic E-state index is 12.0. The summed E-state index contributed by atoms with van der Waals surface area (Å²) in [5, 5.41) is 4.07. The van der Waals surface area contributed by atoms with Crippen LogP contribution in [0.3, 0.4) is 0 Å². The lowest BCUT2D eigenvalue weighted by Gasteiger charge is -2.26. The number of nitrogens with zero attached hydrogens (tertiary/aromatic N) is 2. The molecule has 2 heterocycles. The molecule has 0 aromatic rings. The molecule has 6 heteroatoms. The molecule has 0 spiro atoms. The first-order valence-electron chi connectivity index (χ1n) is 6.18. The Labute approximate surface area is 110 Å². The Kier molecular flexibility index (Phi) is 2.51. The molecular weight excluding hydrogens is 244 g/mol. The predicted octanol–water partition coefficient (Wildman–Crippen LogP) is 0.438. The van der Waals surface area contributed by atoms with Crippen LogP contribution in [0.2, 0.25) is 0 Å². The number of ketones is 1. The van der Waals surface area contributed by atoms with E-state index in [4.69, 9.17) is 5.73 Å². The highest BCUT2D eigenvalue weighted by molar-refractivity contribution is 6.10. The van der Waals surface area contributed by atoms with Crippen molar-refractivity contribution in [3.8, 4) is 0 Å². The summed E-state index contributed by atoms with van der Waals surface area (Å²) in [7, 11) is 0. The standard InChI is InChI=1S/C13H14N4O2/c1-2-9-7-5-15-16-6-8-11(18)4-3-10(12(7)8)17(9)13(14)19/h3-5,10,16H,2,6H2,1H3,(H2,14,19). The van der Waals surface area contributed by atoms with Gasteiger partial charge in [-0.1, -0.05) is 13.0 Å². The van der Waals surface area contributed by atoms with E-state index in [0.717, 1.165) is 16.8 Å². The minimum atomic E-state index is -0.505. The van der Waals surface area contributed by atoms with Gasteiger partial charge in [0.25, 0.3) is 0 Å². The van der Waals surface area contributed by atoms with E-state index in [1.54, 1.807) is 17.2 Å². The number of allylic oxidation sites excluding steroid dienone is 2. The van der Waals surface area contributed by atoms with E-state index in [1.165, 1.54) is 6.08 Å². The number of nitrogens with two attached hydrogens (primary N) is 1. The lowest BCUT2D eigenvalue weighted by atomic mass is 9.89. The molecule has 0 aromatic carbocycles. The Morgan fingerprint density at radius 1 is 1.63 bits per heavy atom. The molecule has 3 rings (SSSR count). The van der Waals surface area contributed by atoms with Gasteiger partial charge in [0.15, 0.2) is 5.78 Å². The third-order valence-electron chi connectivity index (χ3n) is 3.63. The second-order valence-corrected chi connectivity index (χ2v) is 4.58. The fraction of sp³-hybridized carbons (Fsp3) is 0.308. The first kappa shape index (κ1) is 11.7. The van der Waals surface area contributed by atoms with E-state index in [9.17, 15) is 9.59 Å². The van der Waals surface area contributed by atoms with E-state index < -0.39 is 6.03 Å². The molecule has 2 amide bonds. The van der Waals surface area contributed by atoms with Crippen LogP contribution in [0.4, 0.5) is 4.79 Å². The number of hydrazone groups is 1. The highest BCUT2D eigenvalue weighted by Gasteiger charge is 2.41. The largest absolute Gasteiger partial charge is 0.351 e. The molecule has 1 aliphatic carbocycles. The van der Waals surface area contributed by atoms with Crippen LogP contribution in [-0.4, -0.2) is 35.5 Å². The van der Waals surface area contributed by atoms with Gasteiger partial charge in [-0.15, -0.1) is 0 Å². The minimum absolute atomic E-state index is 0.0384. The van der Waals surface area contributed by atoms with Gasteiger partial charge >= 0.3 is 6.03 Å². The van der Waals surface area contributed by atoms with Crippen LogP contribution in [-0.2, 0) is 4.79 Å². The van der Waals surface area contributed by atoms with Gasteiger partial charge in [-0.2, -0.15) is 5.10 Å². The van der Waals surface area contributed by atoms with Crippen molar-refractivity contribution in [2.24, 2.45) is 10.8 Å². The number of nitrogens with one attached hydrogen (secondary N) is 1. The van der Waals surface area contributed by atoms with Crippen molar-refractivity contribution >= 4 is 18.0 Å². The molecule has 19 heavy (non-hydrogen) atoms. The normalized spacial score (nSPS) is 24.6. The minimum Gasteiger partial charge on any atom is -0.351 e. The predicted molar refractivity (Wildman–Crippen MR) is 70.2 cm³/mol. The number of hydrogen-bond donors (Lipinski definition) is 2. The summed E-state index contributed by atoms with van der Waals surface area (Å²) >= 11 is 0. The summed E-state index contributed by atoms with van der Waals surface area (Å²) in [4.78, 5) is 25.2. The van der Waals surface area contributed by atoms with Gasteiger partial charge in [0.05, 0.1) is 18.8 Å². The van der Waals surface area contributed by atoms with Crippen LogP contribution in [0.1, 0.15) is 13.3 Å². The molecule has 0 bridgehead atoms. The van der Waals surface area contributed by atoms with Gasteiger partial charge in [-0.05, 0) is 18.1 Å². The molecule has 1 unspecified atom stereocenters. The highest BCUT2D eigenvalue weighted by atomic mass is 16.2. The number of carbonyl (C=O) groups excluding carboxylic acids is 2. The highest BCUT2D eigenvalue weighted by Crippen LogP contribution is 2.39. The molecule has 0 radical (unpaired) electrons. The van der Waals surface area contributed by atoms with Crippen molar-refractivity contribution in [1.29, 1.82) is 0 Å². The first-order valence-corrected chi connectivity index (χ1v) is 6.18. The third kappa shape index (κ3) is 1.53. The van der Waals surface area contributed by atoms with Crippen molar-refractivity contribution in [1.82, 2.24) is 10.3 Å². The van der Waals surface area contributed by atoms with Gasteiger partial charge < -0.3 is 11.2 Å². The Morgan fingerprint density at radius 2 is 2.42 bits per heavy atom. The Morgan fingerprint density at radius 3 is 3.11 bits per heavy atom. The van der Waals surface area contributed by atoms with Gasteiger partial charge in [0.2, 0.25) is 0 Å². The van der Waals surface area contributed by atoms with E-state index >= 15 is 0 Å². The van der Waals surface area contributed by atoms with Crippen LogP contribution in [0.5, 0.6) is 0 Å². The lowest BCUT2D eigenvalue weighted by Crippen LogP contribution is -2.40. The van der Waals surface area contributed by atoms with Crippen molar-refractivity contribution in [2.45, 2.75) is 19.4 Å². The fourth-order valence-corrected chi connectivity index (χ4v) is 2.87. The van der Waals surface area contributed by atoms with Crippen molar-refractivity contribution in [3.05, 3.63) is 34.6 Å². The number of hydrogen-bond acceptors (Lipinski definition) is 4. The van der Waals surface area contributed by atoms with Crippen LogP contribution in [0, 0.1) is 0 Å². The third-order valence-corrected chi connectivity index (χ3v) is 3.63. The van der Waals surface area contributed by atoms with Crippen molar-refractivity contribution < 1.29 is 9.59 Å². The molecule has 1 atom stereocenters. The van der Waals surface area contributed by atoms with Gasteiger partial charge in [-0.3, -0.25) is 9.69 Å². The average Bonchev–Trinajstić information content (AvgIpc) is 2.54. The molecule has 2 aliphatic heterocycles. The summed E-state index contributed by atoms with van der Waals surface area (Å²) in [6.45, 7) is 2.33. The summed E-state index contributed by atoms with van der Waals surface area (Å²) in [5.74, 6) is -0.0384. The van der Waals surface area contributed by atoms with Crippen molar-refractivity contribution in [3.63, 3.8) is 0 Å². The zero-order chi connectivity index (χ0) is 13.6. The van der Waals surface area contributed by atoms with Crippen LogP contribution in [0.25, 0.3) is 0 Å². The molecule has 0 fully saturated rings. The molecule has 0 saturated heterocycles. The molecule has 3 N–H and O–H groups in total. The number of amides is 2. The maximum Gasteiger partial charge on any atom is 0.319 e.